The molecule has 1 aromatic rings. The van der Waals surface area contributed by atoms with E-state index >= 15 is 0 Å². The van der Waals surface area contributed by atoms with Crippen LogP contribution in [0.3, 0.4) is 0 Å². The van der Waals surface area contributed by atoms with E-state index < -0.39 is 28.1 Å². The highest BCUT2D eigenvalue weighted by atomic mass is 32.2. The molecular formula is C12H15NO6S. The van der Waals surface area contributed by atoms with Gasteiger partial charge in [-0.15, -0.1) is 0 Å². The van der Waals surface area contributed by atoms with Crippen LogP contribution in [0.2, 0.25) is 0 Å². The van der Waals surface area contributed by atoms with Crippen molar-refractivity contribution in [2.45, 2.75) is 30.7 Å². The molecule has 8 heteroatoms. The second kappa shape index (κ2) is 6.60. The van der Waals surface area contributed by atoms with Gasteiger partial charge in [-0.05, 0) is 25.5 Å². The number of cyclic esters (lactones) is 2. The molecule has 1 aliphatic rings. The van der Waals surface area contributed by atoms with Gasteiger partial charge < -0.3 is 10.5 Å². The molecule has 1 fully saturated rings. The standard InChI is InChI=1S/C7H8O3S.C5H7NO3/c1-6-2-4-7(5-3-6)11(8,9)10;6-3-1-2-4(7)9-5(3)8/h2-5H,1H3,(H,8,9,10);3H,1-2,6H2/t;3-/m.0/s1. The molecule has 0 saturated carbocycles. The van der Waals surface area contributed by atoms with Crippen LogP contribution in [0.1, 0.15) is 18.4 Å². The Bertz CT molecular complexity index is 593. The van der Waals surface area contributed by atoms with Gasteiger partial charge in [0, 0.05) is 6.42 Å². The lowest BCUT2D eigenvalue weighted by Gasteiger charge is -2.14. The van der Waals surface area contributed by atoms with E-state index in [9.17, 15) is 18.0 Å². The Morgan fingerprint density at radius 1 is 1.25 bits per heavy atom. The van der Waals surface area contributed by atoms with Crippen molar-refractivity contribution in [1.29, 1.82) is 0 Å². The van der Waals surface area contributed by atoms with E-state index in [4.69, 9.17) is 10.3 Å². The molecule has 0 spiro atoms. The Morgan fingerprint density at radius 2 is 1.80 bits per heavy atom. The lowest BCUT2D eigenvalue weighted by atomic mass is 10.1. The van der Waals surface area contributed by atoms with Crippen LogP contribution in [0, 0.1) is 6.92 Å². The van der Waals surface area contributed by atoms with Gasteiger partial charge in [0.2, 0.25) is 0 Å². The lowest BCUT2D eigenvalue weighted by molar-refractivity contribution is -0.164. The fraction of sp³-hybridized carbons (Fsp3) is 0.333. The number of esters is 2. The summed E-state index contributed by atoms with van der Waals surface area (Å²) >= 11 is 0. The zero-order valence-electron chi connectivity index (χ0n) is 10.8. The molecule has 1 saturated heterocycles. The second-order valence-corrected chi connectivity index (χ2v) is 5.65. The summed E-state index contributed by atoms with van der Waals surface area (Å²) in [5, 5.41) is 0. The first kappa shape index (κ1) is 16.3. The normalized spacial score (nSPS) is 18.9. The number of hydrogen-bond donors (Lipinski definition) is 2. The number of benzene rings is 1. The molecular weight excluding hydrogens is 286 g/mol. The van der Waals surface area contributed by atoms with Crippen molar-refractivity contribution in [3.8, 4) is 0 Å². The molecule has 0 aliphatic carbocycles. The van der Waals surface area contributed by atoms with Crippen molar-refractivity contribution >= 4 is 22.1 Å². The van der Waals surface area contributed by atoms with Gasteiger partial charge in [-0.25, -0.2) is 4.79 Å². The second-order valence-electron chi connectivity index (χ2n) is 4.23. The Balaban J connectivity index is 0.000000204. The van der Waals surface area contributed by atoms with E-state index in [1.54, 1.807) is 12.1 Å². The molecule has 110 valence electrons. The highest BCUT2D eigenvalue weighted by Crippen LogP contribution is 2.08. The molecule has 0 aromatic heterocycles. The average Bonchev–Trinajstić information content (AvgIpc) is 2.34. The zero-order chi connectivity index (χ0) is 15.3. The molecule has 1 aliphatic heterocycles. The minimum atomic E-state index is -4.02. The number of hydrogen-bond acceptors (Lipinski definition) is 6. The highest BCUT2D eigenvalue weighted by molar-refractivity contribution is 7.85. The van der Waals surface area contributed by atoms with Crippen molar-refractivity contribution in [1.82, 2.24) is 0 Å². The van der Waals surface area contributed by atoms with Crippen molar-refractivity contribution in [3.05, 3.63) is 29.8 Å². The van der Waals surface area contributed by atoms with Gasteiger partial charge in [-0.1, -0.05) is 17.7 Å². The summed E-state index contributed by atoms with van der Waals surface area (Å²) in [5.74, 6) is -1.08. The number of ether oxygens (including phenoxy) is 1. The first-order valence-electron chi connectivity index (χ1n) is 5.74. The third kappa shape index (κ3) is 5.08. The van der Waals surface area contributed by atoms with E-state index in [0.717, 1.165) is 5.56 Å². The highest BCUT2D eigenvalue weighted by Gasteiger charge is 2.24. The summed E-state index contributed by atoms with van der Waals surface area (Å²) < 4.78 is 33.7. The smallest absolute Gasteiger partial charge is 0.330 e. The first-order valence-corrected chi connectivity index (χ1v) is 7.18. The van der Waals surface area contributed by atoms with Gasteiger partial charge in [0.25, 0.3) is 10.1 Å². The Hall–Kier alpha value is -1.77. The van der Waals surface area contributed by atoms with E-state index in [1.807, 2.05) is 6.92 Å². The third-order valence-corrected chi connectivity index (χ3v) is 3.36. The molecule has 0 amide bonds. The van der Waals surface area contributed by atoms with Crippen LogP contribution in [0.25, 0.3) is 0 Å². The molecule has 1 atom stereocenters. The van der Waals surface area contributed by atoms with E-state index in [2.05, 4.69) is 4.74 Å². The van der Waals surface area contributed by atoms with Crippen LogP contribution in [-0.4, -0.2) is 31.0 Å². The topological polar surface area (TPSA) is 124 Å². The molecule has 7 nitrogen and oxygen atoms in total. The minimum absolute atomic E-state index is 0.0666. The van der Waals surface area contributed by atoms with E-state index in [0.29, 0.717) is 6.42 Å². The van der Waals surface area contributed by atoms with Gasteiger partial charge in [0.05, 0.1) is 4.90 Å². The Morgan fingerprint density at radius 3 is 2.20 bits per heavy atom. The SMILES string of the molecule is Cc1ccc(S(=O)(=O)O)cc1.N[C@H]1CCC(=O)OC1=O. The maximum atomic E-state index is 10.5. The molecule has 3 N–H and O–H groups in total. The van der Waals surface area contributed by atoms with E-state index in [-0.39, 0.29) is 11.3 Å². The summed E-state index contributed by atoms with van der Waals surface area (Å²) in [6.07, 6.45) is 0.671. The predicted octanol–water partition coefficient (Wildman–Crippen LogP) is 0.419. The fourth-order valence-corrected chi connectivity index (χ4v) is 1.82. The average molecular weight is 301 g/mol. The molecule has 0 bridgehead atoms. The van der Waals surface area contributed by atoms with Crippen LogP contribution < -0.4 is 5.73 Å². The number of rotatable bonds is 1. The van der Waals surface area contributed by atoms with Gasteiger partial charge in [0.15, 0.2) is 0 Å². The summed E-state index contributed by atoms with van der Waals surface area (Å²) in [4.78, 5) is 20.7. The molecule has 1 aromatic carbocycles. The zero-order valence-corrected chi connectivity index (χ0v) is 11.6. The molecule has 2 rings (SSSR count). The van der Waals surface area contributed by atoms with Gasteiger partial charge in [-0.3, -0.25) is 9.35 Å². The number of nitrogens with two attached hydrogens (primary N) is 1. The Kier molecular flexibility index (Phi) is 5.37. The molecule has 0 radical (unpaired) electrons. The maximum Gasteiger partial charge on any atom is 0.330 e. The lowest BCUT2D eigenvalue weighted by Crippen LogP contribution is -2.38. The van der Waals surface area contributed by atoms with Gasteiger partial charge in [0.1, 0.15) is 6.04 Å². The maximum absolute atomic E-state index is 10.5. The number of aryl methyl sites for hydroxylation is 1. The molecule has 1 heterocycles. The van der Waals surface area contributed by atoms with Crippen LogP contribution in [-0.2, 0) is 24.4 Å². The van der Waals surface area contributed by atoms with Crippen molar-refractivity contribution < 1.29 is 27.3 Å². The fourth-order valence-electron chi connectivity index (χ4n) is 1.34. The Labute approximate surface area is 116 Å². The van der Waals surface area contributed by atoms with Crippen molar-refractivity contribution in [3.63, 3.8) is 0 Å². The monoisotopic (exact) mass is 301 g/mol. The van der Waals surface area contributed by atoms with Crippen molar-refractivity contribution in [2.75, 3.05) is 0 Å². The summed E-state index contributed by atoms with van der Waals surface area (Å²) in [6.45, 7) is 1.84. The third-order valence-electron chi connectivity index (χ3n) is 2.50. The van der Waals surface area contributed by atoms with Gasteiger partial charge in [-0.2, -0.15) is 8.42 Å². The first-order chi connectivity index (χ1) is 9.20. The summed E-state index contributed by atoms with van der Waals surface area (Å²) in [6, 6.07) is 5.39. The molecule has 20 heavy (non-hydrogen) atoms. The number of carbonyl (C=O) groups excluding carboxylic acids is 2. The number of carbonyl (C=O) groups is 2. The van der Waals surface area contributed by atoms with E-state index in [1.165, 1.54) is 12.1 Å². The minimum Gasteiger partial charge on any atom is -0.392 e. The van der Waals surface area contributed by atoms with Gasteiger partial charge >= 0.3 is 11.9 Å². The van der Waals surface area contributed by atoms with Crippen LogP contribution in [0.15, 0.2) is 29.2 Å². The van der Waals surface area contributed by atoms with Crippen molar-refractivity contribution in [2.24, 2.45) is 5.73 Å². The molecule has 0 unspecified atom stereocenters. The van der Waals surface area contributed by atoms with Crippen LogP contribution in [0.5, 0.6) is 0 Å². The predicted molar refractivity (Wildman–Crippen MR) is 69.3 cm³/mol. The van der Waals surface area contributed by atoms with Crippen LogP contribution in [0.4, 0.5) is 0 Å². The van der Waals surface area contributed by atoms with Crippen LogP contribution >= 0.6 is 0 Å². The largest absolute Gasteiger partial charge is 0.392 e. The summed E-state index contributed by atoms with van der Waals surface area (Å²) in [7, 11) is -4.02. The quantitative estimate of drug-likeness (QED) is 0.437. The summed E-state index contributed by atoms with van der Waals surface area (Å²) in [5.41, 5.74) is 6.17.